The quantitative estimate of drug-likeness (QED) is 0.619. The molecule has 1 aromatic carbocycles. The van der Waals surface area contributed by atoms with Gasteiger partial charge in [-0.25, -0.2) is 0 Å². The molecule has 1 aromatic rings. The predicted molar refractivity (Wildman–Crippen MR) is 104 cm³/mol. The first-order valence-corrected chi connectivity index (χ1v) is 10.2. The Morgan fingerprint density at radius 3 is 2.32 bits per heavy atom. The lowest BCUT2D eigenvalue weighted by Gasteiger charge is -2.34. The number of hydrogen-bond donors (Lipinski definition) is 1. The van der Waals surface area contributed by atoms with Gasteiger partial charge in [-0.15, -0.1) is 0 Å². The molecule has 3 fully saturated rings. The highest BCUT2D eigenvalue weighted by molar-refractivity contribution is 5.99. The van der Waals surface area contributed by atoms with E-state index in [1.165, 1.54) is 6.07 Å². The summed E-state index contributed by atoms with van der Waals surface area (Å²) in [5.74, 6) is 0.136. The highest BCUT2D eigenvalue weighted by atomic mass is 16.6. The summed E-state index contributed by atoms with van der Waals surface area (Å²) in [5, 5.41) is 14.5. The second kappa shape index (κ2) is 7.77. The predicted octanol–water partition coefficient (Wildman–Crippen LogP) is 2.33. The molecule has 4 rings (SSSR count). The van der Waals surface area contributed by atoms with Crippen LogP contribution in [0.2, 0.25) is 0 Å². The van der Waals surface area contributed by atoms with Gasteiger partial charge < -0.3 is 15.1 Å². The second-order valence-corrected chi connectivity index (χ2v) is 8.00. The van der Waals surface area contributed by atoms with E-state index in [-0.39, 0.29) is 35.0 Å². The van der Waals surface area contributed by atoms with Gasteiger partial charge >= 0.3 is 0 Å². The Balaban J connectivity index is 1.46. The summed E-state index contributed by atoms with van der Waals surface area (Å²) in [5.41, 5.74) is 0.876. The largest absolute Gasteiger partial charge is 0.371 e. The number of carbonyl (C=O) groups excluding carboxylic acids is 2. The molecule has 1 N–H and O–H groups in total. The highest BCUT2D eigenvalue weighted by Crippen LogP contribution is 2.31. The summed E-state index contributed by atoms with van der Waals surface area (Å²) in [7, 11) is 0. The van der Waals surface area contributed by atoms with Crippen molar-refractivity contribution in [1.29, 1.82) is 0 Å². The van der Waals surface area contributed by atoms with Gasteiger partial charge in [-0.2, -0.15) is 0 Å². The van der Waals surface area contributed by atoms with Gasteiger partial charge in [0.2, 0.25) is 5.91 Å². The molecule has 2 heterocycles. The van der Waals surface area contributed by atoms with E-state index in [0.717, 1.165) is 57.3 Å². The number of piperidine rings is 1. The fraction of sp³-hybridized carbons (Fsp3) is 0.600. The van der Waals surface area contributed by atoms with Gasteiger partial charge in [-0.1, -0.05) is 0 Å². The van der Waals surface area contributed by atoms with E-state index in [1.54, 1.807) is 17.0 Å². The minimum atomic E-state index is -0.479. The highest BCUT2D eigenvalue weighted by Gasteiger charge is 2.32. The molecule has 0 radical (unpaired) electrons. The molecule has 0 bridgehead atoms. The topological polar surface area (TPSA) is 95.8 Å². The third-order valence-electron chi connectivity index (χ3n) is 5.96. The normalized spacial score (nSPS) is 20.3. The monoisotopic (exact) mass is 386 g/mol. The Morgan fingerprint density at radius 2 is 1.71 bits per heavy atom. The molecule has 0 spiro atoms. The fourth-order valence-electron chi connectivity index (χ4n) is 4.09. The molecule has 0 unspecified atom stereocenters. The lowest BCUT2D eigenvalue weighted by atomic mass is 10.0. The zero-order chi connectivity index (χ0) is 19.7. The van der Waals surface area contributed by atoms with Gasteiger partial charge in [0.1, 0.15) is 5.56 Å². The van der Waals surface area contributed by atoms with Crippen LogP contribution in [-0.2, 0) is 4.79 Å². The van der Waals surface area contributed by atoms with Crippen molar-refractivity contribution in [3.8, 4) is 0 Å². The lowest BCUT2D eigenvalue weighted by Crippen LogP contribution is -2.45. The van der Waals surface area contributed by atoms with E-state index < -0.39 is 4.92 Å². The van der Waals surface area contributed by atoms with Gasteiger partial charge in [0.05, 0.1) is 4.92 Å². The molecule has 1 aliphatic carbocycles. The molecule has 1 saturated carbocycles. The molecule has 150 valence electrons. The molecular formula is C20H26N4O4. The number of anilines is 1. The standard InChI is InChI=1S/C20H26N4O4/c25-19(14-3-4-14)21-15-7-11-22(12-8-15)16-5-6-18(24(27)28)17(13-16)20(26)23-9-1-2-10-23/h5-6,13-15H,1-4,7-12H2,(H,21,25). The van der Waals surface area contributed by atoms with Crippen LogP contribution in [-0.4, -0.2) is 53.9 Å². The van der Waals surface area contributed by atoms with Crippen LogP contribution in [0.3, 0.4) is 0 Å². The van der Waals surface area contributed by atoms with Crippen LogP contribution in [0, 0.1) is 16.0 Å². The number of nitrogens with one attached hydrogen (secondary N) is 1. The number of nitro groups is 1. The molecule has 2 aliphatic heterocycles. The van der Waals surface area contributed by atoms with Crippen molar-refractivity contribution in [2.24, 2.45) is 5.92 Å². The summed E-state index contributed by atoms with van der Waals surface area (Å²) in [4.78, 5) is 39.5. The Labute approximate surface area is 164 Å². The Hall–Kier alpha value is -2.64. The van der Waals surface area contributed by atoms with E-state index in [2.05, 4.69) is 10.2 Å². The van der Waals surface area contributed by atoms with Gasteiger partial charge in [-0.05, 0) is 50.7 Å². The van der Waals surface area contributed by atoms with E-state index >= 15 is 0 Å². The Morgan fingerprint density at radius 1 is 1.04 bits per heavy atom. The maximum Gasteiger partial charge on any atom is 0.282 e. The van der Waals surface area contributed by atoms with Gasteiger partial charge in [0, 0.05) is 49.9 Å². The van der Waals surface area contributed by atoms with Crippen molar-refractivity contribution in [2.45, 2.75) is 44.6 Å². The lowest BCUT2D eigenvalue weighted by molar-refractivity contribution is -0.385. The second-order valence-electron chi connectivity index (χ2n) is 8.00. The van der Waals surface area contributed by atoms with Crippen molar-refractivity contribution >= 4 is 23.2 Å². The average molecular weight is 386 g/mol. The van der Waals surface area contributed by atoms with Crippen LogP contribution in [0.15, 0.2) is 18.2 Å². The van der Waals surface area contributed by atoms with Gasteiger partial charge in [0.25, 0.3) is 11.6 Å². The van der Waals surface area contributed by atoms with Crippen LogP contribution in [0.1, 0.15) is 48.9 Å². The number of hydrogen-bond acceptors (Lipinski definition) is 5. The zero-order valence-corrected chi connectivity index (χ0v) is 15.9. The first-order chi connectivity index (χ1) is 13.5. The zero-order valence-electron chi connectivity index (χ0n) is 15.9. The minimum absolute atomic E-state index is 0.132. The number of amides is 2. The number of likely N-dealkylation sites (tertiary alicyclic amines) is 1. The van der Waals surface area contributed by atoms with Crippen LogP contribution >= 0.6 is 0 Å². The molecule has 0 atom stereocenters. The first kappa shape index (κ1) is 18.7. The number of benzene rings is 1. The minimum Gasteiger partial charge on any atom is -0.371 e. The van der Waals surface area contributed by atoms with Crippen molar-refractivity contribution in [2.75, 3.05) is 31.1 Å². The van der Waals surface area contributed by atoms with E-state index in [9.17, 15) is 19.7 Å². The third kappa shape index (κ3) is 3.95. The SMILES string of the molecule is O=C(NC1CCN(c2ccc([N+](=O)[O-])c(C(=O)N3CCCC3)c2)CC1)C1CC1. The summed E-state index contributed by atoms with van der Waals surface area (Å²) < 4.78 is 0. The summed E-state index contributed by atoms with van der Waals surface area (Å²) in [6, 6.07) is 5.02. The number of rotatable bonds is 5. The Bertz CT molecular complexity index is 778. The van der Waals surface area contributed by atoms with Crippen molar-refractivity contribution < 1.29 is 14.5 Å². The molecule has 3 aliphatic rings. The Kier molecular flexibility index (Phi) is 5.19. The number of nitro benzene ring substituents is 1. The number of nitrogens with zero attached hydrogens (tertiary/aromatic N) is 3. The molecule has 0 aromatic heterocycles. The molecule has 8 heteroatoms. The van der Waals surface area contributed by atoms with Crippen molar-refractivity contribution in [1.82, 2.24) is 10.2 Å². The molecule has 28 heavy (non-hydrogen) atoms. The maximum atomic E-state index is 12.8. The number of carbonyl (C=O) groups is 2. The fourth-order valence-corrected chi connectivity index (χ4v) is 4.09. The third-order valence-corrected chi connectivity index (χ3v) is 5.96. The van der Waals surface area contributed by atoms with Crippen LogP contribution in [0.4, 0.5) is 11.4 Å². The summed E-state index contributed by atoms with van der Waals surface area (Å²) in [6.07, 6.45) is 5.57. The smallest absolute Gasteiger partial charge is 0.282 e. The van der Waals surface area contributed by atoms with E-state index in [0.29, 0.717) is 13.1 Å². The van der Waals surface area contributed by atoms with E-state index in [4.69, 9.17) is 0 Å². The average Bonchev–Trinajstić information content (AvgIpc) is 3.42. The molecule has 8 nitrogen and oxygen atoms in total. The van der Waals surface area contributed by atoms with Gasteiger partial charge in [0.15, 0.2) is 0 Å². The molecule has 2 amide bonds. The van der Waals surface area contributed by atoms with Gasteiger partial charge in [-0.3, -0.25) is 19.7 Å². The maximum absolute atomic E-state index is 12.8. The van der Waals surface area contributed by atoms with Crippen LogP contribution in [0.5, 0.6) is 0 Å². The van der Waals surface area contributed by atoms with Crippen LogP contribution < -0.4 is 10.2 Å². The summed E-state index contributed by atoms with van der Waals surface area (Å²) >= 11 is 0. The molecular weight excluding hydrogens is 360 g/mol. The van der Waals surface area contributed by atoms with E-state index in [1.807, 2.05) is 0 Å². The first-order valence-electron chi connectivity index (χ1n) is 10.2. The summed E-state index contributed by atoms with van der Waals surface area (Å²) in [6.45, 7) is 2.83. The van der Waals surface area contributed by atoms with Crippen molar-refractivity contribution in [3.05, 3.63) is 33.9 Å². The van der Waals surface area contributed by atoms with Crippen LogP contribution in [0.25, 0.3) is 0 Å². The molecule has 2 saturated heterocycles. The van der Waals surface area contributed by atoms with Crippen molar-refractivity contribution in [3.63, 3.8) is 0 Å².